The highest BCUT2D eigenvalue weighted by Crippen LogP contribution is 2.32. The third-order valence-electron chi connectivity index (χ3n) is 4.71. The van der Waals surface area contributed by atoms with Crippen LogP contribution in [-0.2, 0) is 4.79 Å². The standard InChI is InChI=1S/C19H18N4O4/c24-18(12-27-17-10-4-3-8-15(17)23(25)26)22-11-5-9-16(22)19-20-13-6-1-2-7-14(13)21-19/h1-4,6-8,10,16H,5,9,11-12H2,(H,20,21)/t16-/m1/s1. The van der Waals surface area contributed by atoms with E-state index in [0.717, 1.165) is 29.7 Å². The number of H-pyrrole nitrogens is 1. The fourth-order valence-corrected chi connectivity index (χ4v) is 3.43. The first-order valence-corrected chi connectivity index (χ1v) is 8.74. The number of amides is 1. The molecule has 8 heteroatoms. The number of likely N-dealkylation sites (tertiary alicyclic amines) is 1. The molecule has 0 aliphatic carbocycles. The number of nitro benzene ring substituents is 1. The molecule has 1 fully saturated rings. The van der Waals surface area contributed by atoms with Gasteiger partial charge in [0.1, 0.15) is 5.82 Å². The first kappa shape index (κ1) is 17.0. The number of ether oxygens (including phenoxy) is 1. The third kappa shape index (κ3) is 3.33. The molecule has 8 nitrogen and oxygen atoms in total. The van der Waals surface area contributed by atoms with Gasteiger partial charge in [-0.15, -0.1) is 0 Å². The number of nitrogens with one attached hydrogen (secondary N) is 1. The molecular formula is C19H18N4O4. The van der Waals surface area contributed by atoms with Crippen molar-refractivity contribution >= 4 is 22.6 Å². The maximum absolute atomic E-state index is 12.7. The summed E-state index contributed by atoms with van der Waals surface area (Å²) in [6.07, 6.45) is 1.69. The maximum atomic E-state index is 12.7. The number of hydrogen-bond acceptors (Lipinski definition) is 5. The lowest BCUT2D eigenvalue weighted by Gasteiger charge is -2.23. The highest BCUT2D eigenvalue weighted by atomic mass is 16.6. The number of aromatic nitrogens is 2. The molecule has 2 aromatic carbocycles. The van der Waals surface area contributed by atoms with Gasteiger partial charge in [-0.05, 0) is 31.0 Å². The average Bonchev–Trinajstić information content (AvgIpc) is 3.32. The lowest BCUT2D eigenvalue weighted by molar-refractivity contribution is -0.385. The molecule has 1 aliphatic heterocycles. The van der Waals surface area contributed by atoms with E-state index in [-0.39, 0.29) is 30.0 Å². The summed E-state index contributed by atoms with van der Waals surface area (Å²) < 4.78 is 5.45. The Morgan fingerprint density at radius 1 is 1.26 bits per heavy atom. The number of rotatable bonds is 5. The molecule has 1 N–H and O–H groups in total. The Morgan fingerprint density at radius 2 is 2.04 bits per heavy atom. The predicted octanol–water partition coefficient (Wildman–Crippen LogP) is 3.21. The first-order chi connectivity index (χ1) is 13.1. The summed E-state index contributed by atoms with van der Waals surface area (Å²) >= 11 is 0. The summed E-state index contributed by atoms with van der Waals surface area (Å²) in [6, 6.07) is 13.6. The molecule has 2 heterocycles. The van der Waals surface area contributed by atoms with Crippen LogP contribution in [0.15, 0.2) is 48.5 Å². The average molecular weight is 366 g/mol. The van der Waals surface area contributed by atoms with Gasteiger partial charge in [-0.2, -0.15) is 0 Å². The summed E-state index contributed by atoms with van der Waals surface area (Å²) in [5.41, 5.74) is 1.64. The van der Waals surface area contributed by atoms with Crippen LogP contribution < -0.4 is 4.74 Å². The van der Waals surface area contributed by atoms with Gasteiger partial charge in [0.15, 0.2) is 12.4 Å². The molecule has 0 spiro atoms. The predicted molar refractivity (Wildman–Crippen MR) is 98.4 cm³/mol. The highest BCUT2D eigenvalue weighted by Gasteiger charge is 2.32. The molecule has 1 aliphatic rings. The number of imidazole rings is 1. The van der Waals surface area contributed by atoms with Crippen molar-refractivity contribution in [2.45, 2.75) is 18.9 Å². The minimum atomic E-state index is -0.521. The molecule has 4 rings (SSSR count). The topological polar surface area (TPSA) is 101 Å². The molecule has 0 saturated carbocycles. The van der Waals surface area contributed by atoms with E-state index in [2.05, 4.69) is 9.97 Å². The monoisotopic (exact) mass is 366 g/mol. The number of carbonyl (C=O) groups excluding carboxylic acids is 1. The van der Waals surface area contributed by atoms with E-state index in [4.69, 9.17) is 4.74 Å². The number of para-hydroxylation sites is 4. The summed E-state index contributed by atoms with van der Waals surface area (Å²) in [6.45, 7) is 0.363. The van der Waals surface area contributed by atoms with Crippen molar-refractivity contribution in [3.05, 3.63) is 64.5 Å². The van der Waals surface area contributed by atoms with Crippen LogP contribution in [0.25, 0.3) is 11.0 Å². The van der Waals surface area contributed by atoms with Crippen molar-refractivity contribution in [1.82, 2.24) is 14.9 Å². The van der Waals surface area contributed by atoms with E-state index in [1.54, 1.807) is 17.0 Å². The summed E-state index contributed by atoms with van der Waals surface area (Å²) in [7, 11) is 0. The van der Waals surface area contributed by atoms with Crippen molar-refractivity contribution in [2.75, 3.05) is 13.2 Å². The molecular weight excluding hydrogens is 348 g/mol. The number of nitro groups is 1. The van der Waals surface area contributed by atoms with E-state index < -0.39 is 4.92 Å². The Balaban J connectivity index is 1.49. The Morgan fingerprint density at radius 3 is 2.85 bits per heavy atom. The van der Waals surface area contributed by atoms with Crippen LogP contribution in [0.2, 0.25) is 0 Å². The molecule has 0 unspecified atom stereocenters. The molecule has 1 aromatic heterocycles. The maximum Gasteiger partial charge on any atom is 0.310 e. The molecule has 0 radical (unpaired) electrons. The number of aromatic amines is 1. The number of carbonyl (C=O) groups is 1. The van der Waals surface area contributed by atoms with Crippen molar-refractivity contribution in [3.63, 3.8) is 0 Å². The van der Waals surface area contributed by atoms with Gasteiger partial charge in [0.25, 0.3) is 5.91 Å². The second-order valence-corrected chi connectivity index (χ2v) is 6.40. The lowest BCUT2D eigenvalue weighted by Crippen LogP contribution is -2.35. The number of fused-ring (bicyclic) bond motifs is 1. The SMILES string of the molecule is O=C(COc1ccccc1[N+](=O)[O-])N1CCC[C@@H]1c1nc2ccccc2[nH]1. The van der Waals surface area contributed by atoms with Crippen LogP contribution in [0.5, 0.6) is 5.75 Å². The van der Waals surface area contributed by atoms with Gasteiger partial charge in [0.05, 0.1) is 22.0 Å². The van der Waals surface area contributed by atoms with E-state index in [1.165, 1.54) is 12.1 Å². The second kappa shape index (κ2) is 7.06. The molecule has 1 amide bonds. The summed E-state index contributed by atoms with van der Waals surface area (Å²) in [5, 5.41) is 11.1. The smallest absolute Gasteiger partial charge is 0.310 e. The number of hydrogen-bond donors (Lipinski definition) is 1. The third-order valence-corrected chi connectivity index (χ3v) is 4.71. The van der Waals surface area contributed by atoms with Gasteiger partial charge in [0, 0.05) is 12.6 Å². The van der Waals surface area contributed by atoms with Gasteiger partial charge < -0.3 is 14.6 Å². The van der Waals surface area contributed by atoms with E-state index in [9.17, 15) is 14.9 Å². The van der Waals surface area contributed by atoms with Crippen molar-refractivity contribution < 1.29 is 14.5 Å². The summed E-state index contributed by atoms with van der Waals surface area (Å²) in [4.78, 5) is 32.8. The molecule has 3 aromatic rings. The van der Waals surface area contributed by atoms with Gasteiger partial charge in [-0.1, -0.05) is 24.3 Å². The van der Waals surface area contributed by atoms with Crippen molar-refractivity contribution in [2.24, 2.45) is 0 Å². The summed E-state index contributed by atoms with van der Waals surface area (Å²) in [5.74, 6) is 0.638. The Labute approximate surface area is 154 Å². The van der Waals surface area contributed by atoms with Crippen LogP contribution in [0.1, 0.15) is 24.7 Å². The van der Waals surface area contributed by atoms with Gasteiger partial charge >= 0.3 is 5.69 Å². The van der Waals surface area contributed by atoms with Gasteiger partial charge in [-0.25, -0.2) is 4.98 Å². The van der Waals surface area contributed by atoms with Crippen molar-refractivity contribution in [3.8, 4) is 5.75 Å². The fourth-order valence-electron chi connectivity index (χ4n) is 3.43. The largest absolute Gasteiger partial charge is 0.477 e. The molecule has 0 bridgehead atoms. The van der Waals surface area contributed by atoms with E-state index in [0.29, 0.717) is 6.54 Å². The minimum absolute atomic E-state index is 0.0929. The quantitative estimate of drug-likeness (QED) is 0.552. The zero-order valence-electron chi connectivity index (χ0n) is 14.5. The van der Waals surface area contributed by atoms with Gasteiger partial charge in [-0.3, -0.25) is 14.9 Å². The van der Waals surface area contributed by atoms with Crippen LogP contribution in [0.3, 0.4) is 0 Å². The zero-order chi connectivity index (χ0) is 18.8. The highest BCUT2D eigenvalue weighted by molar-refractivity contribution is 5.79. The normalized spacial score (nSPS) is 16.6. The number of benzene rings is 2. The number of nitrogens with zero attached hydrogens (tertiary/aromatic N) is 3. The Bertz CT molecular complexity index is 967. The molecule has 1 saturated heterocycles. The van der Waals surface area contributed by atoms with E-state index in [1.807, 2.05) is 24.3 Å². The first-order valence-electron chi connectivity index (χ1n) is 8.74. The molecule has 27 heavy (non-hydrogen) atoms. The van der Waals surface area contributed by atoms with Crippen LogP contribution in [0.4, 0.5) is 5.69 Å². The van der Waals surface area contributed by atoms with E-state index >= 15 is 0 Å². The van der Waals surface area contributed by atoms with Crippen LogP contribution >= 0.6 is 0 Å². The molecule has 138 valence electrons. The second-order valence-electron chi connectivity index (χ2n) is 6.40. The van der Waals surface area contributed by atoms with Crippen LogP contribution in [0, 0.1) is 10.1 Å². The fraction of sp³-hybridized carbons (Fsp3) is 0.263. The lowest BCUT2D eigenvalue weighted by atomic mass is 10.2. The zero-order valence-corrected chi connectivity index (χ0v) is 14.5. The molecule has 1 atom stereocenters. The minimum Gasteiger partial charge on any atom is -0.477 e. The Hall–Kier alpha value is -3.42. The van der Waals surface area contributed by atoms with Crippen molar-refractivity contribution in [1.29, 1.82) is 0 Å². The van der Waals surface area contributed by atoms with Gasteiger partial charge in [0.2, 0.25) is 0 Å². The van der Waals surface area contributed by atoms with Crippen LogP contribution in [-0.4, -0.2) is 38.8 Å². The Kier molecular flexibility index (Phi) is 4.45.